The van der Waals surface area contributed by atoms with Crippen LogP contribution in [-0.2, 0) is 5.41 Å². The fraction of sp³-hybridized carbons (Fsp3) is 0.286. The lowest BCUT2D eigenvalue weighted by Crippen LogP contribution is -2.16. The molecule has 1 N–H and O–H groups in total. The number of carboxylic acid groups (broad SMARTS) is 1. The SMILES string of the molecule is CC(C)(C)c1nc(-c2ccccc2Br)oc1C(=O)O. The van der Waals surface area contributed by atoms with E-state index in [0.717, 1.165) is 10.0 Å². The van der Waals surface area contributed by atoms with E-state index in [0.29, 0.717) is 11.6 Å². The Hall–Kier alpha value is -1.62. The van der Waals surface area contributed by atoms with Crippen molar-refractivity contribution in [3.05, 3.63) is 40.2 Å². The number of carboxylic acids is 1. The largest absolute Gasteiger partial charge is 0.475 e. The lowest BCUT2D eigenvalue weighted by Gasteiger charge is -2.14. The number of hydrogen-bond acceptors (Lipinski definition) is 3. The molecule has 0 amide bonds. The summed E-state index contributed by atoms with van der Waals surface area (Å²) in [6.07, 6.45) is 0. The molecule has 100 valence electrons. The molecule has 0 aliphatic carbocycles. The van der Waals surface area contributed by atoms with Crippen LogP contribution in [0.3, 0.4) is 0 Å². The van der Waals surface area contributed by atoms with Crippen LogP contribution in [0.4, 0.5) is 0 Å². The lowest BCUT2D eigenvalue weighted by molar-refractivity contribution is 0.0659. The zero-order valence-corrected chi connectivity index (χ0v) is 12.5. The van der Waals surface area contributed by atoms with Gasteiger partial charge in [-0.25, -0.2) is 9.78 Å². The highest BCUT2D eigenvalue weighted by Gasteiger charge is 2.29. The van der Waals surface area contributed by atoms with Crippen LogP contribution in [0.15, 0.2) is 33.2 Å². The molecule has 0 unspecified atom stereocenters. The number of aromatic carboxylic acids is 1. The van der Waals surface area contributed by atoms with Gasteiger partial charge in [-0.15, -0.1) is 0 Å². The summed E-state index contributed by atoms with van der Waals surface area (Å²) in [6.45, 7) is 5.71. The van der Waals surface area contributed by atoms with Gasteiger partial charge in [0.05, 0.1) is 5.56 Å². The van der Waals surface area contributed by atoms with Crippen LogP contribution in [0.25, 0.3) is 11.5 Å². The molecule has 2 aromatic rings. The average Bonchev–Trinajstić information content (AvgIpc) is 2.74. The third-order valence-corrected chi connectivity index (χ3v) is 3.33. The Morgan fingerprint density at radius 1 is 1.32 bits per heavy atom. The first-order valence-electron chi connectivity index (χ1n) is 5.80. The van der Waals surface area contributed by atoms with Crippen molar-refractivity contribution in [3.8, 4) is 11.5 Å². The molecule has 0 atom stereocenters. The topological polar surface area (TPSA) is 63.3 Å². The number of oxazole rings is 1. The first kappa shape index (κ1) is 13.8. The standard InChI is InChI=1S/C14H14BrNO3/c1-14(2,3)11-10(13(17)18)19-12(16-11)8-6-4-5-7-9(8)15/h4-7H,1-3H3,(H,17,18). The molecule has 0 bridgehead atoms. The van der Waals surface area contributed by atoms with Crippen molar-refractivity contribution >= 4 is 21.9 Å². The van der Waals surface area contributed by atoms with Gasteiger partial charge in [0.25, 0.3) is 0 Å². The van der Waals surface area contributed by atoms with Crippen molar-refractivity contribution in [2.24, 2.45) is 0 Å². The molecule has 0 spiro atoms. The number of nitrogens with zero attached hydrogens (tertiary/aromatic N) is 1. The monoisotopic (exact) mass is 323 g/mol. The summed E-state index contributed by atoms with van der Waals surface area (Å²) in [7, 11) is 0. The smallest absolute Gasteiger partial charge is 0.373 e. The predicted octanol–water partition coefficient (Wildman–Crippen LogP) is 4.10. The third kappa shape index (κ3) is 2.71. The molecule has 0 aliphatic heterocycles. The van der Waals surface area contributed by atoms with Gasteiger partial charge in [0.1, 0.15) is 5.69 Å². The van der Waals surface area contributed by atoms with Gasteiger partial charge in [0.2, 0.25) is 11.7 Å². The van der Waals surface area contributed by atoms with Crippen LogP contribution in [0.2, 0.25) is 0 Å². The van der Waals surface area contributed by atoms with Crippen LogP contribution in [0.5, 0.6) is 0 Å². The van der Waals surface area contributed by atoms with Crippen molar-refractivity contribution in [1.29, 1.82) is 0 Å². The molecule has 1 aromatic heterocycles. The molecule has 0 saturated carbocycles. The second-order valence-electron chi connectivity index (χ2n) is 5.23. The maximum absolute atomic E-state index is 11.3. The molecule has 0 saturated heterocycles. The van der Waals surface area contributed by atoms with E-state index in [1.807, 2.05) is 45.0 Å². The van der Waals surface area contributed by atoms with E-state index in [2.05, 4.69) is 20.9 Å². The van der Waals surface area contributed by atoms with Gasteiger partial charge >= 0.3 is 5.97 Å². The van der Waals surface area contributed by atoms with Crippen molar-refractivity contribution in [2.45, 2.75) is 26.2 Å². The van der Waals surface area contributed by atoms with E-state index in [-0.39, 0.29) is 5.76 Å². The maximum atomic E-state index is 11.3. The van der Waals surface area contributed by atoms with Crippen molar-refractivity contribution in [3.63, 3.8) is 0 Å². The Bertz CT molecular complexity index is 626. The molecule has 1 aromatic carbocycles. The minimum Gasteiger partial charge on any atom is -0.475 e. The molecule has 0 radical (unpaired) electrons. The average molecular weight is 324 g/mol. The fourth-order valence-electron chi connectivity index (χ4n) is 1.72. The second-order valence-corrected chi connectivity index (χ2v) is 6.09. The molecular formula is C14H14BrNO3. The summed E-state index contributed by atoms with van der Waals surface area (Å²) in [6, 6.07) is 7.41. The van der Waals surface area contributed by atoms with Crippen molar-refractivity contribution in [1.82, 2.24) is 4.98 Å². The molecule has 5 heteroatoms. The minimum absolute atomic E-state index is 0.0988. The highest BCUT2D eigenvalue weighted by molar-refractivity contribution is 9.10. The van der Waals surface area contributed by atoms with E-state index in [1.54, 1.807) is 0 Å². The Balaban J connectivity index is 2.62. The lowest BCUT2D eigenvalue weighted by atomic mass is 9.91. The van der Waals surface area contributed by atoms with E-state index < -0.39 is 11.4 Å². The molecule has 1 heterocycles. The fourth-order valence-corrected chi connectivity index (χ4v) is 2.18. The van der Waals surface area contributed by atoms with E-state index in [9.17, 15) is 9.90 Å². The third-order valence-electron chi connectivity index (χ3n) is 2.64. The summed E-state index contributed by atoms with van der Waals surface area (Å²) < 4.78 is 6.24. The Morgan fingerprint density at radius 3 is 2.42 bits per heavy atom. The quantitative estimate of drug-likeness (QED) is 0.903. The van der Waals surface area contributed by atoms with Gasteiger partial charge < -0.3 is 9.52 Å². The number of aromatic nitrogens is 1. The van der Waals surface area contributed by atoms with Crippen LogP contribution in [-0.4, -0.2) is 16.1 Å². The number of halogens is 1. The van der Waals surface area contributed by atoms with Crippen LogP contribution in [0, 0.1) is 0 Å². The molecule has 0 fully saturated rings. The van der Waals surface area contributed by atoms with Gasteiger partial charge in [-0.05, 0) is 28.1 Å². The Morgan fingerprint density at radius 2 is 1.95 bits per heavy atom. The van der Waals surface area contributed by atoms with E-state index >= 15 is 0 Å². The Kier molecular flexibility index (Phi) is 3.49. The van der Waals surface area contributed by atoms with Crippen molar-refractivity contribution < 1.29 is 14.3 Å². The van der Waals surface area contributed by atoms with Crippen LogP contribution >= 0.6 is 15.9 Å². The summed E-state index contributed by atoms with van der Waals surface area (Å²) in [5.74, 6) is -0.885. The second kappa shape index (κ2) is 4.81. The summed E-state index contributed by atoms with van der Waals surface area (Å²) in [5, 5.41) is 9.21. The van der Waals surface area contributed by atoms with Gasteiger partial charge in [-0.1, -0.05) is 32.9 Å². The zero-order valence-electron chi connectivity index (χ0n) is 10.9. The molecule has 4 nitrogen and oxygen atoms in total. The maximum Gasteiger partial charge on any atom is 0.373 e. The summed E-state index contributed by atoms with van der Waals surface area (Å²) in [4.78, 5) is 15.6. The molecule has 19 heavy (non-hydrogen) atoms. The normalized spacial score (nSPS) is 11.6. The highest BCUT2D eigenvalue weighted by atomic mass is 79.9. The predicted molar refractivity (Wildman–Crippen MR) is 75.3 cm³/mol. The van der Waals surface area contributed by atoms with Gasteiger partial charge in [-0.3, -0.25) is 0 Å². The van der Waals surface area contributed by atoms with Gasteiger partial charge in [0.15, 0.2) is 0 Å². The van der Waals surface area contributed by atoms with Crippen LogP contribution in [0.1, 0.15) is 37.0 Å². The number of benzene rings is 1. The number of carbonyl (C=O) groups is 1. The Labute approximate surface area is 119 Å². The van der Waals surface area contributed by atoms with E-state index in [4.69, 9.17) is 4.42 Å². The molecule has 0 aliphatic rings. The minimum atomic E-state index is -1.10. The first-order chi connectivity index (χ1) is 8.80. The van der Waals surface area contributed by atoms with E-state index in [1.165, 1.54) is 0 Å². The number of rotatable bonds is 2. The van der Waals surface area contributed by atoms with Crippen LogP contribution < -0.4 is 0 Å². The number of hydrogen-bond donors (Lipinski definition) is 1. The highest BCUT2D eigenvalue weighted by Crippen LogP contribution is 2.33. The zero-order chi connectivity index (χ0) is 14.2. The molecular weight excluding hydrogens is 310 g/mol. The van der Waals surface area contributed by atoms with Gasteiger partial charge in [0, 0.05) is 9.89 Å². The van der Waals surface area contributed by atoms with Crippen molar-refractivity contribution in [2.75, 3.05) is 0 Å². The van der Waals surface area contributed by atoms with Gasteiger partial charge in [-0.2, -0.15) is 0 Å². The summed E-state index contributed by atoms with van der Waals surface area (Å²) in [5.41, 5.74) is 0.794. The summed E-state index contributed by atoms with van der Waals surface area (Å²) >= 11 is 3.41. The molecule has 2 rings (SSSR count). The first-order valence-corrected chi connectivity index (χ1v) is 6.59.